The van der Waals surface area contributed by atoms with Gasteiger partial charge >= 0.3 is 12.1 Å². The number of thiazole rings is 1. The highest BCUT2D eigenvalue weighted by molar-refractivity contribution is 7.93. The van der Waals surface area contributed by atoms with E-state index in [0.29, 0.717) is 0 Å². The number of aliphatic hydroxyl groups is 1. The summed E-state index contributed by atoms with van der Waals surface area (Å²) < 4.78 is 27.7. The van der Waals surface area contributed by atoms with E-state index in [9.17, 15) is 18.9 Å². The van der Waals surface area contributed by atoms with Crippen LogP contribution in [-0.4, -0.2) is 51.8 Å². The lowest BCUT2D eigenvalue weighted by molar-refractivity contribution is -0.0371. The van der Waals surface area contributed by atoms with E-state index in [1.54, 1.807) is 20.8 Å². The number of alkyl carbamates (subject to hydrolysis) is 1. The number of nitrogens with zero attached hydrogens (tertiary/aromatic N) is 2. The van der Waals surface area contributed by atoms with Crippen molar-refractivity contribution in [2.75, 3.05) is 25.1 Å². The first-order valence-electron chi connectivity index (χ1n) is 13.0. The van der Waals surface area contributed by atoms with Gasteiger partial charge in [0.2, 0.25) is 0 Å². The zero-order valence-corrected chi connectivity index (χ0v) is 24.4. The number of carbonyl (C=O) groups is 2. The largest absolute Gasteiger partial charge is 0.444 e. The summed E-state index contributed by atoms with van der Waals surface area (Å²) in [5.41, 5.74) is 3.48. The third kappa shape index (κ3) is 7.34. The molecule has 3 amide bonds. The zero-order valence-electron chi connectivity index (χ0n) is 22.8. The summed E-state index contributed by atoms with van der Waals surface area (Å²) in [5.74, 6) is 0. The van der Waals surface area contributed by atoms with Gasteiger partial charge in [-0.15, -0.1) is 15.7 Å². The monoisotopic (exact) mass is 579 g/mol. The standard InChI is InChI=1S/C26H37N5O6S2/c1-25(2,3)37-24(33)28-11-12-36-15-26(4,34)22-29-14-20(38-22)39(27,35)31-23(32)30-21-18-9-5-7-16(18)13-17-8-6-10-19(17)21/h13-14,34H,5-12,15H2,1-4H3,(H,28,33)(H3,27,30,31,32,35). The molecule has 0 spiro atoms. The first kappa shape index (κ1) is 29.4. The van der Waals surface area contributed by atoms with Crippen LogP contribution in [0.3, 0.4) is 0 Å². The molecule has 0 saturated heterocycles. The van der Waals surface area contributed by atoms with Crippen molar-refractivity contribution >= 4 is 39.1 Å². The Morgan fingerprint density at radius 3 is 2.41 bits per heavy atom. The van der Waals surface area contributed by atoms with Crippen molar-refractivity contribution in [1.29, 1.82) is 0 Å². The molecule has 1 aromatic heterocycles. The number of hydrogen-bond donors (Lipinski definition) is 4. The highest BCUT2D eigenvalue weighted by atomic mass is 32.2. The lowest BCUT2D eigenvalue weighted by Crippen LogP contribution is -2.35. The summed E-state index contributed by atoms with van der Waals surface area (Å²) >= 11 is 0.905. The number of anilines is 1. The van der Waals surface area contributed by atoms with Crippen LogP contribution in [0.5, 0.6) is 0 Å². The van der Waals surface area contributed by atoms with E-state index in [-0.39, 0.29) is 29.0 Å². The second-order valence-corrected chi connectivity index (χ2v) is 14.1. The minimum absolute atomic E-state index is 0.0723. The maximum absolute atomic E-state index is 13.2. The van der Waals surface area contributed by atoms with Crippen LogP contribution in [0.4, 0.5) is 15.3 Å². The van der Waals surface area contributed by atoms with Crippen LogP contribution in [0.1, 0.15) is 67.8 Å². The van der Waals surface area contributed by atoms with Crippen molar-refractivity contribution in [2.45, 2.75) is 81.6 Å². The molecule has 0 radical (unpaired) electrons. The first-order valence-corrected chi connectivity index (χ1v) is 15.4. The van der Waals surface area contributed by atoms with Gasteiger partial charge in [0.05, 0.1) is 19.4 Å². The number of nitrogens with two attached hydrogens (primary N) is 1. The summed E-state index contributed by atoms with van der Waals surface area (Å²) in [6.45, 7) is 6.97. The molecule has 0 bridgehead atoms. The first-order chi connectivity index (χ1) is 18.2. The predicted molar refractivity (Wildman–Crippen MR) is 149 cm³/mol. The quantitative estimate of drug-likeness (QED) is 0.345. The van der Waals surface area contributed by atoms with Gasteiger partial charge in [0.25, 0.3) is 0 Å². The minimum atomic E-state index is -3.60. The van der Waals surface area contributed by atoms with E-state index in [1.165, 1.54) is 24.2 Å². The molecular formula is C26H37N5O6S2. The Bertz CT molecular complexity index is 1340. The van der Waals surface area contributed by atoms with Crippen molar-refractivity contribution < 1.29 is 28.4 Å². The van der Waals surface area contributed by atoms with Crippen LogP contribution in [0, 0.1) is 0 Å². The summed E-state index contributed by atoms with van der Waals surface area (Å²) in [4.78, 5) is 28.7. The number of aromatic nitrogens is 1. The van der Waals surface area contributed by atoms with Crippen molar-refractivity contribution in [3.8, 4) is 0 Å². The van der Waals surface area contributed by atoms with E-state index in [4.69, 9.17) is 14.6 Å². The highest BCUT2D eigenvalue weighted by Crippen LogP contribution is 2.38. The van der Waals surface area contributed by atoms with Crippen molar-refractivity contribution in [2.24, 2.45) is 9.50 Å². The number of urea groups is 1. The molecule has 2 aliphatic rings. The van der Waals surface area contributed by atoms with Gasteiger partial charge < -0.3 is 25.2 Å². The summed E-state index contributed by atoms with van der Waals surface area (Å²) in [5, 5.41) is 22.5. The van der Waals surface area contributed by atoms with Gasteiger partial charge in [-0.25, -0.2) is 23.9 Å². The number of rotatable bonds is 8. The van der Waals surface area contributed by atoms with Gasteiger partial charge in [-0.2, -0.15) is 0 Å². The van der Waals surface area contributed by atoms with Gasteiger partial charge in [0, 0.05) is 12.2 Å². The zero-order chi connectivity index (χ0) is 28.4. The lowest BCUT2D eigenvalue weighted by Gasteiger charge is -2.21. The molecule has 13 heteroatoms. The fraction of sp³-hybridized carbons (Fsp3) is 0.577. The third-order valence-corrected chi connectivity index (χ3v) is 9.59. The van der Waals surface area contributed by atoms with Crippen LogP contribution >= 0.6 is 11.3 Å². The van der Waals surface area contributed by atoms with E-state index >= 15 is 0 Å². The smallest absolute Gasteiger partial charge is 0.407 e. The number of fused-ring (bicyclic) bond motifs is 2. The molecule has 2 unspecified atom stereocenters. The maximum Gasteiger partial charge on any atom is 0.407 e. The van der Waals surface area contributed by atoms with Crippen LogP contribution < -0.4 is 15.8 Å². The Morgan fingerprint density at radius 1 is 1.15 bits per heavy atom. The molecule has 11 nitrogen and oxygen atoms in total. The number of benzene rings is 1. The molecule has 5 N–H and O–H groups in total. The number of carbonyl (C=O) groups excluding carboxylic acids is 2. The molecule has 4 rings (SSSR count). The molecule has 214 valence electrons. The highest BCUT2D eigenvalue weighted by Gasteiger charge is 2.30. The van der Waals surface area contributed by atoms with Gasteiger partial charge in [-0.05, 0) is 88.5 Å². The molecule has 2 aliphatic carbocycles. The molecule has 1 aromatic carbocycles. The molecule has 39 heavy (non-hydrogen) atoms. The van der Waals surface area contributed by atoms with E-state index < -0.39 is 33.2 Å². The molecular weight excluding hydrogens is 542 g/mol. The van der Waals surface area contributed by atoms with Crippen LogP contribution in [0.2, 0.25) is 0 Å². The minimum Gasteiger partial charge on any atom is -0.444 e. The van der Waals surface area contributed by atoms with E-state index in [0.717, 1.165) is 66.7 Å². The summed E-state index contributed by atoms with van der Waals surface area (Å²) in [7, 11) is -3.60. The fourth-order valence-corrected chi connectivity index (χ4v) is 6.87. The fourth-order valence-electron chi connectivity index (χ4n) is 4.78. The Hall–Kier alpha value is -2.58. The number of aryl methyl sites for hydroxylation is 2. The second-order valence-electron chi connectivity index (χ2n) is 11.1. The molecule has 0 saturated carbocycles. The molecule has 0 fully saturated rings. The second kappa shape index (κ2) is 11.5. The average Bonchev–Trinajstić information content (AvgIpc) is 3.57. The third-order valence-electron chi connectivity index (χ3n) is 6.45. The van der Waals surface area contributed by atoms with Gasteiger partial charge in [-0.3, -0.25) is 0 Å². The molecule has 2 aromatic rings. The molecule has 0 aliphatic heterocycles. The van der Waals surface area contributed by atoms with Crippen molar-refractivity contribution in [3.63, 3.8) is 0 Å². The Labute approximate surface area is 233 Å². The van der Waals surface area contributed by atoms with Gasteiger partial charge in [0.1, 0.15) is 20.4 Å². The normalized spacial score (nSPS) is 17.5. The summed E-state index contributed by atoms with van der Waals surface area (Å²) in [6, 6.07) is 1.50. The Morgan fingerprint density at radius 2 is 1.79 bits per heavy atom. The van der Waals surface area contributed by atoms with E-state index in [2.05, 4.69) is 26.0 Å². The number of amides is 3. The van der Waals surface area contributed by atoms with Crippen LogP contribution in [0.25, 0.3) is 0 Å². The SMILES string of the molecule is CC(C)(C)OC(=O)NCCOCC(C)(O)c1ncc(S(N)(=O)=NC(=O)Nc2c3c(cc4c2CCC4)CCC3)s1. The predicted octanol–water partition coefficient (Wildman–Crippen LogP) is 3.80. The molecule has 2 atom stereocenters. The molecule has 1 heterocycles. The van der Waals surface area contributed by atoms with E-state index in [1.807, 2.05) is 0 Å². The maximum atomic E-state index is 13.2. The Balaban J connectivity index is 1.37. The van der Waals surface area contributed by atoms with Gasteiger partial charge in [-0.1, -0.05) is 6.07 Å². The average molecular weight is 580 g/mol. The topological polar surface area (TPSA) is 165 Å². The summed E-state index contributed by atoms with van der Waals surface area (Å²) in [6.07, 6.45) is 6.54. The van der Waals surface area contributed by atoms with Gasteiger partial charge in [0.15, 0.2) is 9.92 Å². The van der Waals surface area contributed by atoms with Crippen LogP contribution in [-0.2, 0) is 50.7 Å². The number of nitrogens with one attached hydrogen (secondary N) is 2. The van der Waals surface area contributed by atoms with Crippen molar-refractivity contribution in [1.82, 2.24) is 10.3 Å². The van der Waals surface area contributed by atoms with Crippen LogP contribution in [0.15, 0.2) is 20.8 Å². The van der Waals surface area contributed by atoms with Crippen molar-refractivity contribution in [3.05, 3.63) is 39.5 Å². The lowest BCUT2D eigenvalue weighted by atomic mass is 9.99. The number of hydrogen-bond acceptors (Lipinski definition) is 8. The number of ether oxygens (including phenoxy) is 2. The Kier molecular flexibility index (Phi) is 8.67.